The van der Waals surface area contributed by atoms with Gasteiger partial charge >= 0.3 is 0 Å². The molecule has 1 aromatic rings. The van der Waals surface area contributed by atoms with Gasteiger partial charge in [-0.25, -0.2) is 0 Å². The average molecular weight is 179 g/mol. The summed E-state index contributed by atoms with van der Waals surface area (Å²) in [6.45, 7) is 5.78. The van der Waals surface area contributed by atoms with Crippen LogP contribution < -0.4 is 5.73 Å². The molecule has 0 aromatic heterocycles. The number of aryl methyl sites for hydroxylation is 2. The minimum absolute atomic E-state index is 0.279. The van der Waals surface area contributed by atoms with E-state index in [-0.39, 0.29) is 6.04 Å². The van der Waals surface area contributed by atoms with Gasteiger partial charge < -0.3 is 10.8 Å². The lowest BCUT2D eigenvalue weighted by atomic mass is 9.99. The monoisotopic (exact) mass is 179 g/mol. The molecule has 2 atom stereocenters. The Kier molecular flexibility index (Phi) is 3.07. The van der Waals surface area contributed by atoms with E-state index in [9.17, 15) is 5.11 Å². The Balaban J connectivity index is 3.01. The van der Waals surface area contributed by atoms with Gasteiger partial charge in [0.05, 0.1) is 12.1 Å². The molecule has 3 N–H and O–H groups in total. The molecule has 0 unspecified atom stereocenters. The first-order chi connectivity index (χ1) is 6.00. The molecular weight excluding hydrogens is 162 g/mol. The van der Waals surface area contributed by atoms with Crippen molar-refractivity contribution in [3.05, 3.63) is 34.9 Å². The van der Waals surface area contributed by atoms with Gasteiger partial charge in [0.25, 0.3) is 0 Å². The summed E-state index contributed by atoms with van der Waals surface area (Å²) in [4.78, 5) is 0. The third-order valence-electron chi connectivity index (χ3n) is 2.15. The van der Waals surface area contributed by atoms with Crippen molar-refractivity contribution in [2.75, 3.05) is 0 Å². The van der Waals surface area contributed by atoms with Crippen LogP contribution in [0, 0.1) is 13.8 Å². The summed E-state index contributed by atoms with van der Waals surface area (Å²) in [7, 11) is 0. The number of hydrogen-bond acceptors (Lipinski definition) is 2. The zero-order chi connectivity index (χ0) is 10.0. The molecular formula is C11H17NO. The normalized spacial score (nSPS) is 15.5. The number of hydrogen-bond donors (Lipinski definition) is 2. The molecule has 2 heteroatoms. The van der Waals surface area contributed by atoms with E-state index in [1.54, 1.807) is 6.92 Å². The highest BCUT2D eigenvalue weighted by atomic mass is 16.3. The fraction of sp³-hybridized carbons (Fsp3) is 0.455. The van der Waals surface area contributed by atoms with Crippen LogP contribution in [0.4, 0.5) is 0 Å². The molecule has 0 heterocycles. The average Bonchev–Trinajstić information content (AvgIpc) is 2.01. The summed E-state index contributed by atoms with van der Waals surface area (Å²) >= 11 is 0. The largest absolute Gasteiger partial charge is 0.391 e. The van der Waals surface area contributed by atoms with E-state index in [0.717, 1.165) is 5.56 Å². The highest BCUT2D eigenvalue weighted by Crippen LogP contribution is 2.17. The molecule has 0 spiro atoms. The lowest BCUT2D eigenvalue weighted by molar-refractivity contribution is 0.164. The van der Waals surface area contributed by atoms with Gasteiger partial charge in [0, 0.05) is 0 Å². The Morgan fingerprint density at radius 1 is 1.15 bits per heavy atom. The molecule has 0 fully saturated rings. The van der Waals surface area contributed by atoms with Crippen LogP contribution in [0.15, 0.2) is 18.2 Å². The van der Waals surface area contributed by atoms with Gasteiger partial charge in [0.2, 0.25) is 0 Å². The van der Waals surface area contributed by atoms with Crippen LogP contribution >= 0.6 is 0 Å². The lowest BCUT2D eigenvalue weighted by Gasteiger charge is -2.16. The molecule has 0 saturated carbocycles. The summed E-state index contributed by atoms with van der Waals surface area (Å²) in [5.74, 6) is 0. The van der Waals surface area contributed by atoms with Gasteiger partial charge in [0.1, 0.15) is 0 Å². The topological polar surface area (TPSA) is 46.2 Å². The van der Waals surface area contributed by atoms with Gasteiger partial charge in [-0.3, -0.25) is 0 Å². The molecule has 0 radical (unpaired) electrons. The quantitative estimate of drug-likeness (QED) is 0.725. The number of nitrogens with two attached hydrogens (primary N) is 1. The van der Waals surface area contributed by atoms with Crippen LogP contribution in [0.3, 0.4) is 0 Å². The molecule has 1 aromatic carbocycles. The molecule has 0 bridgehead atoms. The first kappa shape index (κ1) is 10.2. The van der Waals surface area contributed by atoms with Crippen molar-refractivity contribution < 1.29 is 5.11 Å². The second kappa shape index (κ2) is 3.90. The summed E-state index contributed by atoms with van der Waals surface area (Å²) in [5.41, 5.74) is 9.20. The zero-order valence-electron chi connectivity index (χ0n) is 8.41. The van der Waals surface area contributed by atoms with Crippen LogP contribution in [-0.2, 0) is 0 Å². The van der Waals surface area contributed by atoms with Crippen LogP contribution in [0.5, 0.6) is 0 Å². The smallest absolute Gasteiger partial charge is 0.0704 e. The number of rotatable bonds is 2. The third kappa shape index (κ3) is 2.54. The van der Waals surface area contributed by atoms with E-state index >= 15 is 0 Å². The number of aliphatic hydroxyl groups is 1. The van der Waals surface area contributed by atoms with Crippen molar-refractivity contribution in [1.82, 2.24) is 0 Å². The molecule has 0 aliphatic heterocycles. The Labute approximate surface area is 79.4 Å². The van der Waals surface area contributed by atoms with Gasteiger partial charge in [-0.1, -0.05) is 29.3 Å². The Morgan fingerprint density at radius 2 is 1.62 bits per heavy atom. The predicted octanol–water partition coefficient (Wildman–Crippen LogP) is 1.68. The highest BCUT2D eigenvalue weighted by Gasteiger charge is 2.11. The SMILES string of the molecule is Cc1cc(C)cc([C@@H](N)[C@@H](C)O)c1. The minimum atomic E-state index is -0.499. The summed E-state index contributed by atoms with van der Waals surface area (Å²) in [6, 6.07) is 5.85. The molecule has 72 valence electrons. The van der Waals surface area contributed by atoms with Crippen molar-refractivity contribution in [3.8, 4) is 0 Å². The van der Waals surface area contributed by atoms with Gasteiger partial charge in [-0.15, -0.1) is 0 Å². The predicted molar refractivity (Wildman–Crippen MR) is 54.5 cm³/mol. The van der Waals surface area contributed by atoms with Crippen LogP contribution in [-0.4, -0.2) is 11.2 Å². The van der Waals surface area contributed by atoms with Crippen molar-refractivity contribution in [1.29, 1.82) is 0 Å². The van der Waals surface area contributed by atoms with Crippen LogP contribution in [0.2, 0.25) is 0 Å². The Morgan fingerprint density at radius 3 is 2.00 bits per heavy atom. The molecule has 0 amide bonds. The van der Waals surface area contributed by atoms with E-state index in [1.807, 2.05) is 26.0 Å². The van der Waals surface area contributed by atoms with Gasteiger partial charge in [-0.2, -0.15) is 0 Å². The number of aliphatic hydroxyl groups excluding tert-OH is 1. The van der Waals surface area contributed by atoms with Crippen molar-refractivity contribution in [3.63, 3.8) is 0 Å². The Bertz CT molecular complexity index is 274. The third-order valence-corrected chi connectivity index (χ3v) is 2.15. The summed E-state index contributed by atoms with van der Waals surface area (Å²) in [6.07, 6.45) is -0.499. The van der Waals surface area contributed by atoms with E-state index in [0.29, 0.717) is 0 Å². The first-order valence-corrected chi connectivity index (χ1v) is 4.52. The van der Waals surface area contributed by atoms with Crippen LogP contribution in [0.25, 0.3) is 0 Å². The summed E-state index contributed by atoms with van der Waals surface area (Å²) < 4.78 is 0. The van der Waals surface area contributed by atoms with Gasteiger partial charge in [0.15, 0.2) is 0 Å². The maximum Gasteiger partial charge on any atom is 0.0704 e. The highest BCUT2D eigenvalue weighted by molar-refractivity contribution is 5.30. The van der Waals surface area contributed by atoms with E-state index in [1.165, 1.54) is 11.1 Å². The molecule has 13 heavy (non-hydrogen) atoms. The minimum Gasteiger partial charge on any atom is -0.391 e. The second-order valence-corrected chi connectivity index (χ2v) is 3.69. The zero-order valence-corrected chi connectivity index (χ0v) is 8.41. The standard InChI is InChI=1S/C11H17NO/c1-7-4-8(2)6-10(5-7)11(12)9(3)13/h4-6,9,11,13H,12H2,1-3H3/t9-,11+/m1/s1. The molecule has 1 rings (SSSR count). The fourth-order valence-corrected chi connectivity index (χ4v) is 1.48. The lowest BCUT2D eigenvalue weighted by Crippen LogP contribution is -2.23. The van der Waals surface area contributed by atoms with Crippen LogP contribution in [0.1, 0.15) is 29.7 Å². The summed E-state index contributed by atoms with van der Waals surface area (Å²) in [5, 5.41) is 9.33. The fourth-order valence-electron chi connectivity index (χ4n) is 1.48. The van der Waals surface area contributed by atoms with E-state index in [2.05, 4.69) is 6.07 Å². The van der Waals surface area contributed by atoms with Gasteiger partial charge in [-0.05, 0) is 26.3 Å². The van der Waals surface area contributed by atoms with Crippen molar-refractivity contribution in [2.45, 2.75) is 32.9 Å². The molecule has 0 aliphatic rings. The van der Waals surface area contributed by atoms with Crippen molar-refractivity contribution >= 4 is 0 Å². The Hall–Kier alpha value is -0.860. The van der Waals surface area contributed by atoms with Crippen molar-refractivity contribution in [2.24, 2.45) is 5.73 Å². The molecule has 2 nitrogen and oxygen atoms in total. The molecule has 0 saturated heterocycles. The first-order valence-electron chi connectivity index (χ1n) is 4.52. The maximum atomic E-state index is 9.33. The maximum absolute atomic E-state index is 9.33. The molecule has 0 aliphatic carbocycles. The number of benzene rings is 1. The second-order valence-electron chi connectivity index (χ2n) is 3.69. The van der Waals surface area contributed by atoms with E-state index in [4.69, 9.17) is 5.73 Å². The van der Waals surface area contributed by atoms with E-state index < -0.39 is 6.10 Å².